The van der Waals surface area contributed by atoms with Crippen molar-refractivity contribution < 1.29 is 9.31 Å². The molecular weight excluding hydrogens is 283 g/mol. The topological polar surface area (TPSA) is 57.4 Å². The van der Waals surface area contributed by atoms with Gasteiger partial charge in [-0.3, -0.25) is 0 Å². The molecule has 1 saturated heterocycles. The van der Waals surface area contributed by atoms with Gasteiger partial charge in [-0.2, -0.15) is 0 Å². The maximum absolute atomic E-state index is 5.90. The minimum Gasteiger partial charge on any atom is -0.399 e. The third-order valence-corrected chi connectivity index (χ3v) is 3.74. The van der Waals surface area contributed by atoms with Crippen molar-refractivity contribution in [2.45, 2.75) is 38.9 Å². The van der Waals surface area contributed by atoms with E-state index in [1.54, 1.807) is 12.1 Å². The molecule has 0 aromatic carbocycles. The Labute approximate surface area is 110 Å². The number of pyridine rings is 1. The van der Waals surface area contributed by atoms with Crippen LogP contribution in [0, 0.1) is 0 Å². The third kappa shape index (κ3) is 2.34. The van der Waals surface area contributed by atoms with Crippen LogP contribution in [0.1, 0.15) is 27.7 Å². The molecule has 0 spiro atoms. The van der Waals surface area contributed by atoms with Crippen molar-refractivity contribution in [3.63, 3.8) is 0 Å². The molecule has 1 aliphatic rings. The average molecular weight is 299 g/mol. The summed E-state index contributed by atoms with van der Waals surface area (Å²) in [5.74, 6) is 0. The molecule has 0 saturated carbocycles. The predicted molar refractivity (Wildman–Crippen MR) is 72.1 cm³/mol. The van der Waals surface area contributed by atoms with Crippen LogP contribution >= 0.6 is 15.9 Å². The van der Waals surface area contributed by atoms with Gasteiger partial charge in [0.2, 0.25) is 0 Å². The van der Waals surface area contributed by atoms with Crippen LogP contribution in [0.15, 0.2) is 16.7 Å². The van der Waals surface area contributed by atoms with Crippen LogP contribution < -0.4 is 11.3 Å². The summed E-state index contributed by atoms with van der Waals surface area (Å²) in [4.78, 5) is 4.33. The van der Waals surface area contributed by atoms with Crippen LogP contribution in [0.25, 0.3) is 0 Å². The summed E-state index contributed by atoms with van der Waals surface area (Å²) >= 11 is 3.31. The summed E-state index contributed by atoms with van der Waals surface area (Å²) in [6, 6.07) is 3.52. The molecule has 1 aromatic heterocycles. The molecule has 2 N–H and O–H groups in total. The maximum atomic E-state index is 5.90. The monoisotopic (exact) mass is 298 g/mol. The van der Waals surface area contributed by atoms with E-state index in [0.29, 0.717) is 15.9 Å². The Morgan fingerprint density at radius 3 is 2.18 bits per heavy atom. The lowest BCUT2D eigenvalue weighted by atomic mass is 9.84. The second-order valence-corrected chi connectivity index (χ2v) is 6.05. The molecule has 92 valence electrons. The standard InChI is InChI=1S/C11H16BBrN2O2/c1-10(2)11(3,4)17-12(16-10)8-5-7(14)6-9(13)15-8/h5-6H,1-4H3,(H2,14,15). The first kappa shape index (κ1) is 12.9. The second kappa shape index (κ2) is 3.97. The number of hydrogen-bond acceptors (Lipinski definition) is 4. The molecule has 4 nitrogen and oxygen atoms in total. The molecule has 0 atom stereocenters. The van der Waals surface area contributed by atoms with E-state index >= 15 is 0 Å². The molecule has 1 fully saturated rings. The fourth-order valence-corrected chi connectivity index (χ4v) is 2.09. The van der Waals surface area contributed by atoms with Gasteiger partial charge >= 0.3 is 7.12 Å². The Kier molecular flexibility index (Phi) is 3.00. The lowest BCUT2D eigenvalue weighted by molar-refractivity contribution is 0.00578. The quantitative estimate of drug-likeness (QED) is 0.634. The molecule has 2 heterocycles. The highest BCUT2D eigenvalue weighted by atomic mass is 79.9. The molecule has 0 aliphatic carbocycles. The normalized spacial score (nSPS) is 21.8. The van der Waals surface area contributed by atoms with E-state index in [2.05, 4.69) is 20.9 Å². The smallest absolute Gasteiger partial charge is 0.399 e. The Hall–Kier alpha value is -0.585. The van der Waals surface area contributed by atoms with Gasteiger partial charge in [0.1, 0.15) is 4.60 Å². The van der Waals surface area contributed by atoms with Crippen molar-refractivity contribution in [2.24, 2.45) is 0 Å². The van der Waals surface area contributed by atoms with E-state index in [1.165, 1.54) is 0 Å². The first-order valence-corrected chi connectivity index (χ1v) is 6.29. The minimum atomic E-state index is -0.472. The van der Waals surface area contributed by atoms with Crippen LogP contribution in [0.2, 0.25) is 0 Å². The fourth-order valence-electron chi connectivity index (χ4n) is 1.62. The van der Waals surface area contributed by atoms with Crippen LogP contribution in [0.5, 0.6) is 0 Å². The molecule has 2 rings (SSSR count). The third-order valence-electron chi connectivity index (χ3n) is 3.33. The zero-order valence-corrected chi connectivity index (χ0v) is 12.0. The average Bonchev–Trinajstić information content (AvgIpc) is 2.34. The number of aromatic nitrogens is 1. The van der Waals surface area contributed by atoms with Crippen LogP contribution in [-0.4, -0.2) is 23.3 Å². The summed E-state index contributed by atoms with van der Waals surface area (Å²) in [5, 5.41) is 0. The minimum absolute atomic E-state index is 0.365. The van der Waals surface area contributed by atoms with Gasteiger partial charge in [0.05, 0.1) is 16.8 Å². The predicted octanol–water partition coefficient (Wildman–Crippen LogP) is 1.73. The maximum Gasteiger partial charge on any atom is 0.514 e. The molecule has 0 radical (unpaired) electrons. The van der Waals surface area contributed by atoms with E-state index in [0.717, 1.165) is 0 Å². The molecule has 1 aromatic rings. The zero-order chi connectivity index (χ0) is 12.8. The van der Waals surface area contributed by atoms with E-state index in [4.69, 9.17) is 15.0 Å². The highest BCUT2D eigenvalue weighted by molar-refractivity contribution is 9.10. The molecule has 1 aliphatic heterocycles. The molecule has 0 amide bonds. The van der Waals surface area contributed by atoms with Gasteiger partial charge in [-0.1, -0.05) is 0 Å². The van der Waals surface area contributed by atoms with Gasteiger partial charge in [0.15, 0.2) is 0 Å². The molecular formula is C11H16BBrN2O2. The van der Waals surface area contributed by atoms with E-state index in [1.807, 2.05) is 27.7 Å². The van der Waals surface area contributed by atoms with Crippen LogP contribution in [0.4, 0.5) is 5.69 Å². The van der Waals surface area contributed by atoms with Crippen molar-refractivity contribution in [1.82, 2.24) is 4.98 Å². The van der Waals surface area contributed by atoms with Gasteiger partial charge in [0.25, 0.3) is 0 Å². The lowest BCUT2D eigenvalue weighted by Crippen LogP contribution is -2.41. The van der Waals surface area contributed by atoms with Crippen molar-refractivity contribution >= 4 is 34.3 Å². The first-order valence-electron chi connectivity index (χ1n) is 5.50. The largest absolute Gasteiger partial charge is 0.514 e. The second-order valence-electron chi connectivity index (χ2n) is 5.24. The number of nitrogens with two attached hydrogens (primary N) is 1. The first-order chi connectivity index (χ1) is 7.71. The van der Waals surface area contributed by atoms with Gasteiger partial charge < -0.3 is 15.0 Å². The van der Waals surface area contributed by atoms with Crippen molar-refractivity contribution in [1.29, 1.82) is 0 Å². The highest BCUT2D eigenvalue weighted by Gasteiger charge is 2.52. The summed E-state index contributed by atoms with van der Waals surface area (Å²) in [7, 11) is -0.472. The van der Waals surface area contributed by atoms with Crippen molar-refractivity contribution in [3.8, 4) is 0 Å². The number of halogens is 1. The summed E-state index contributed by atoms with van der Waals surface area (Å²) in [6.45, 7) is 8.03. The van der Waals surface area contributed by atoms with Gasteiger partial charge in [-0.25, -0.2) is 4.98 Å². The Balaban J connectivity index is 2.32. The zero-order valence-electron chi connectivity index (χ0n) is 10.5. The van der Waals surface area contributed by atoms with Gasteiger partial charge in [-0.05, 0) is 55.8 Å². The molecule has 0 bridgehead atoms. The Morgan fingerprint density at radius 1 is 1.18 bits per heavy atom. The number of anilines is 1. The van der Waals surface area contributed by atoms with E-state index in [9.17, 15) is 0 Å². The number of nitrogen functional groups attached to an aromatic ring is 1. The summed E-state index contributed by atoms with van der Waals surface area (Å²) < 4.78 is 12.5. The fraction of sp³-hybridized carbons (Fsp3) is 0.545. The van der Waals surface area contributed by atoms with Crippen LogP contribution in [-0.2, 0) is 9.31 Å². The van der Waals surface area contributed by atoms with Crippen LogP contribution in [0.3, 0.4) is 0 Å². The van der Waals surface area contributed by atoms with Gasteiger partial charge in [0, 0.05) is 5.69 Å². The van der Waals surface area contributed by atoms with E-state index in [-0.39, 0.29) is 11.2 Å². The van der Waals surface area contributed by atoms with Gasteiger partial charge in [-0.15, -0.1) is 0 Å². The number of hydrogen-bond donors (Lipinski definition) is 1. The number of nitrogens with zero attached hydrogens (tertiary/aromatic N) is 1. The Bertz CT molecular complexity index is 415. The lowest BCUT2D eigenvalue weighted by Gasteiger charge is -2.32. The molecule has 6 heteroatoms. The molecule has 17 heavy (non-hydrogen) atoms. The van der Waals surface area contributed by atoms with Crippen molar-refractivity contribution in [3.05, 3.63) is 16.7 Å². The Morgan fingerprint density at radius 2 is 1.71 bits per heavy atom. The number of rotatable bonds is 1. The SMILES string of the molecule is CC1(C)OB(c2cc(N)cc(Br)n2)OC1(C)C. The van der Waals surface area contributed by atoms with Crippen molar-refractivity contribution in [2.75, 3.05) is 5.73 Å². The summed E-state index contributed by atoms with van der Waals surface area (Å²) in [6.07, 6.45) is 0. The van der Waals surface area contributed by atoms with E-state index < -0.39 is 7.12 Å². The molecule has 0 unspecified atom stereocenters. The highest BCUT2D eigenvalue weighted by Crippen LogP contribution is 2.36. The summed E-state index contributed by atoms with van der Waals surface area (Å²) in [5.41, 5.74) is 6.38.